The Morgan fingerprint density at radius 1 is 1.28 bits per heavy atom. The summed E-state index contributed by atoms with van der Waals surface area (Å²) >= 11 is 1.17. The Bertz CT molecular complexity index is 828. The SMILES string of the molecule is CN(Cc1cccnc1)C(=O)c1sccc1S(=O)(=O)N1CCCCC1. The van der Waals surface area contributed by atoms with Crippen LogP contribution in [0.3, 0.4) is 0 Å². The number of piperidine rings is 1. The van der Waals surface area contributed by atoms with Gasteiger partial charge in [0.05, 0.1) is 0 Å². The zero-order valence-electron chi connectivity index (χ0n) is 14.1. The minimum absolute atomic E-state index is 0.127. The number of aromatic nitrogens is 1. The second-order valence-electron chi connectivity index (χ2n) is 6.10. The lowest BCUT2D eigenvalue weighted by atomic mass is 10.2. The highest BCUT2D eigenvalue weighted by molar-refractivity contribution is 7.89. The number of pyridine rings is 1. The first kappa shape index (κ1) is 18.0. The van der Waals surface area contributed by atoms with E-state index in [1.54, 1.807) is 30.9 Å². The fraction of sp³-hybridized carbons (Fsp3) is 0.412. The molecule has 3 rings (SSSR count). The largest absolute Gasteiger partial charge is 0.337 e. The van der Waals surface area contributed by atoms with Crippen molar-refractivity contribution in [1.82, 2.24) is 14.2 Å². The van der Waals surface area contributed by atoms with Crippen molar-refractivity contribution >= 4 is 27.3 Å². The van der Waals surface area contributed by atoms with Gasteiger partial charge in [-0.3, -0.25) is 9.78 Å². The van der Waals surface area contributed by atoms with Crippen molar-refractivity contribution in [3.63, 3.8) is 0 Å². The second-order valence-corrected chi connectivity index (χ2v) is 8.92. The van der Waals surface area contributed by atoms with E-state index in [9.17, 15) is 13.2 Å². The summed E-state index contributed by atoms with van der Waals surface area (Å²) in [5.74, 6) is -0.283. The van der Waals surface area contributed by atoms with Crippen LogP contribution in [0.5, 0.6) is 0 Å². The highest BCUT2D eigenvalue weighted by Crippen LogP contribution is 2.28. The monoisotopic (exact) mass is 379 g/mol. The zero-order valence-corrected chi connectivity index (χ0v) is 15.7. The molecule has 0 saturated carbocycles. The molecule has 3 heterocycles. The average molecular weight is 380 g/mol. The van der Waals surface area contributed by atoms with Crippen LogP contribution < -0.4 is 0 Å². The summed E-state index contributed by atoms with van der Waals surface area (Å²) in [6, 6.07) is 5.24. The van der Waals surface area contributed by atoms with E-state index in [1.165, 1.54) is 20.5 Å². The molecule has 0 aliphatic carbocycles. The molecule has 1 saturated heterocycles. The van der Waals surface area contributed by atoms with Crippen LogP contribution in [0.25, 0.3) is 0 Å². The summed E-state index contributed by atoms with van der Waals surface area (Å²) in [5.41, 5.74) is 0.898. The van der Waals surface area contributed by atoms with E-state index in [2.05, 4.69) is 4.98 Å². The molecule has 0 atom stereocenters. The number of carbonyl (C=O) groups is 1. The molecule has 2 aromatic rings. The topological polar surface area (TPSA) is 70.6 Å². The van der Waals surface area contributed by atoms with E-state index in [0.717, 1.165) is 24.8 Å². The molecular formula is C17H21N3O3S2. The van der Waals surface area contributed by atoms with Gasteiger partial charge in [0.15, 0.2) is 0 Å². The predicted molar refractivity (Wildman–Crippen MR) is 97.0 cm³/mol. The van der Waals surface area contributed by atoms with Crippen molar-refractivity contribution in [2.24, 2.45) is 0 Å². The van der Waals surface area contributed by atoms with Crippen LogP contribution >= 0.6 is 11.3 Å². The molecule has 2 aromatic heterocycles. The number of carbonyl (C=O) groups excluding carboxylic acids is 1. The Hall–Kier alpha value is -1.77. The summed E-state index contributed by atoms with van der Waals surface area (Å²) in [4.78, 5) is 18.8. The number of amides is 1. The van der Waals surface area contributed by atoms with Gasteiger partial charge < -0.3 is 4.90 Å². The van der Waals surface area contributed by atoms with Crippen LogP contribution in [-0.2, 0) is 16.6 Å². The van der Waals surface area contributed by atoms with Gasteiger partial charge in [-0.05, 0) is 35.9 Å². The van der Waals surface area contributed by atoms with Crippen molar-refractivity contribution < 1.29 is 13.2 Å². The molecule has 1 aliphatic rings. The maximum atomic E-state index is 12.9. The van der Waals surface area contributed by atoms with E-state index in [0.29, 0.717) is 19.6 Å². The van der Waals surface area contributed by atoms with Crippen LogP contribution in [0, 0.1) is 0 Å². The van der Waals surface area contributed by atoms with Gasteiger partial charge in [-0.25, -0.2) is 8.42 Å². The maximum Gasteiger partial charge on any atom is 0.265 e. The third kappa shape index (κ3) is 3.91. The molecule has 1 amide bonds. The Morgan fingerprint density at radius 2 is 2.04 bits per heavy atom. The quantitative estimate of drug-likeness (QED) is 0.801. The van der Waals surface area contributed by atoms with Gasteiger partial charge in [0.2, 0.25) is 10.0 Å². The second kappa shape index (κ2) is 7.63. The van der Waals surface area contributed by atoms with E-state index in [-0.39, 0.29) is 15.7 Å². The van der Waals surface area contributed by atoms with Gasteiger partial charge in [0.25, 0.3) is 5.91 Å². The lowest BCUT2D eigenvalue weighted by Crippen LogP contribution is -2.36. The molecule has 8 heteroatoms. The zero-order chi connectivity index (χ0) is 17.9. The van der Waals surface area contributed by atoms with E-state index >= 15 is 0 Å². The summed E-state index contributed by atoms with van der Waals surface area (Å²) < 4.78 is 27.3. The Labute approximate surface area is 152 Å². The summed E-state index contributed by atoms with van der Waals surface area (Å²) in [5, 5.41) is 1.67. The first-order valence-corrected chi connectivity index (χ1v) is 10.5. The van der Waals surface area contributed by atoms with Gasteiger partial charge in [-0.15, -0.1) is 11.3 Å². The minimum Gasteiger partial charge on any atom is -0.337 e. The number of rotatable bonds is 5. The summed E-state index contributed by atoms with van der Waals surface area (Å²) in [6.07, 6.45) is 6.16. The first-order chi connectivity index (χ1) is 12.0. The molecule has 0 bridgehead atoms. The highest BCUT2D eigenvalue weighted by atomic mass is 32.2. The van der Waals surface area contributed by atoms with Gasteiger partial charge in [-0.1, -0.05) is 12.5 Å². The molecule has 1 fully saturated rings. The maximum absolute atomic E-state index is 12.9. The smallest absolute Gasteiger partial charge is 0.265 e. The molecule has 0 unspecified atom stereocenters. The molecule has 134 valence electrons. The third-order valence-corrected chi connectivity index (χ3v) is 7.22. The van der Waals surface area contributed by atoms with Gasteiger partial charge in [-0.2, -0.15) is 4.31 Å². The average Bonchev–Trinajstić information content (AvgIpc) is 3.13. The van der Waals surface area contributed by atoms with E-state index in [4.69, 9.17) is 0 Å². The third-order valence-electron chi connectivity index (χ3n) is 4.25. The molecule has 25 heavy (non-hydrogen) atoms. The number of nitrogens with zero attached hydrogens (tertiary/aromatic N) is 3. The molecular weight excluding hydrogens is 358 g/mol. The Kier molecular flexibility index (Phi) is 5.51. The number of sulfonamides is 1. The van der Waals surface area contributed by atoms with E-state index in [1.807, 2.05) is 12.1 Å². The fourth-order valence-corrected chi connectivity index (χ4v) is 5.82. The summed E-state index contributed by atoms with van der Waals surface area (Å²) in [6.45, 7) is 1.43. The van der Waals surface area contributed by atoms with Gasteiger partial charge in [0.1, 0.15) is 9.77 Å². The summed E-state index contributed by atoms with van der Waals surface area (Å²) in [7, 11) is -1.94. The molecule has 0 N–H and O–H groups in total. The first-order valence-electron chi connectivity index (χ1n) is 8.22. The van der Waals surface area contributed by atoms with Crippen LogP contribution in [0.15, 0.2) is 40.9 Å². The predicted octanol–water partition coefficient (Wildman–Crippen LogP) is 2.59. The van der Waals surface area contributed by atoms with Gasteiger partial charge in [0, 0.05) is 39.1 Å². The molecule has 6 nitrogen and oxygen atoms in total. The van der Waals surface area contributed by atoms with Crippen LogP contribution in [0.4, 0.5) is 0 Å². The molecule has 1 aliphatic heterocycles. The fourth-order valence-electron chi connectivity index (χ4n) is 2.91. The molecule has 0 spiro atoms. The molecule has 0 aromatic carbocycles. The Balaban J connectivity index is 1.81. The van der Waals surface area contributed by atoms with Crippen molar-refractivity contribution in [2.45, 2.75) is 30.7 Å². The van der Waals surface area contributed by atoms with Crippen molar-refractivity contribution in [3.05, 3.63) is 46.4 Å². The number of thiophene rings is 1. The van der Waals surface area contributed by atoms with Crippen LogP contribution in [0.2, 0.25) is 0 Å². The molecule has 0 radical (unpaired) electrons. The lowest BCUT2D eigenvalue weighted by molar-refractivity contribution is 0.0786. The van der Waals surface area contributed by atoms with Crippen molar-refractivity contribution in [1.29, 1.82) is 0 Å². The van der Waals surface area contributed by atoms with Crippen molar-refractivity contribution in [3.8, 4) is 0 Å². The normalized spacial score (nSPS) is 15.9. The van der Waals surface area contributed by atoms with Crippen molar-refractivity contribution in [2.75, 3.05) is 20.1 Å². The number of hydrogen-bond acceptors (Lipinski definition) is 5. The van der Waals surface area contributed by atoms with Crippen LogP contribution in [0.1, 0.15) is 34.5 Å². The van der Waals surface area contributed by atoms with Crippen LogP contribution in [-0.4, -0.2) is 48.7 Å². The highest BCUT2D eigenvalue weighted by Gasteiger charge is 2.31. The van der Waals surface area contributed by atoms with Gasteiger partial charge >= 0.3 is 0 Å². The van der Waals surface area contributed by atoms with E-state index < -0.39 is 10.0 Å². The lowest BCUT2D eigenvalue weighted by Gasteiger charge is -2.26. The standard InChI is InChI=1S/C17H21N3O3S2/c1-19(13-14-6-5-8-18-12-14)17(21)16-15(7-11-24-16)25(22,23)20-9-3-2-4-10-20/h5-8,11-12H,2-4,9-10,13H2,1H3. The number of hydrogen-bond donors (Lipinski definition) is 0. The Morgan fingerprint density at radius 3 is 2.72 bits per heavy atom. The minimum atomic E-state index is -3.62.